The lowest BCUT2D eigenvalue weighted by atomic mass is 10.2. The van der Waals surface area contributed by atoms with E-state index in [9.17, 15) is 9.59 Å². The number of carbonyl (C=O) groups is 2. The molecular weight excluding hydrogens is 366 g/mol. The maximum Gasteiger partial charge on any atom is 0.315 e. The standard InChI is InChI=1S/C19H27N3O6/c1-3-25-18(26-4-2)11-20-19(24)21-13-9-17(23)22(12-13)14-5-6-15-16(10-14)28-8-7-27-15/h5-6,10,13,18H,3-4,7-9,11-12H2,1-2H3,(H2,20,21,24). The number of ether oxygens (including phenoxy) is 4. The molecule has 3 rings (SSSR count). The van der Waals surface area contributed by atoms with Crippen molar-refractivity contribution in [3.8, 4) is 11.5 Å². The number of amides is 3. The first-order valence-corrected chi connectivity index (χ1v) is 9.58. The van der Waals surface area contributed by atoms with Crippen molar-refractivity contribution in [1.82, 2.24) is 10.6 Å². The molecule has 9 nitrogen and oxygen atoms in total. The minimum Gasteiger partial charge on any atom is -0.486 e. The molecule has 1 aromatic rings. The minimum atomic E-state index is -0.486. The van der Waals surface area contributed by atoms with Gasteiger partial charge in [-0.15, -0.1) is 0 Å². The van der Waals surface area contributed by atoms with Gasteiger partial charge in [-0.25, -0.2) is 4.79 Å². The Morgan fingerprint density at radius 3 is 2.64 bits per heavy atom. The predicted molar refractivity (Wildman–Crippen MR) is 102 cm³/mol. The third-order valence-electron chi connectivity index (χ3n) is 4.43. The fraction of sp³-hybridized carbons (Fsp3) is 0.579. The summed E-state index contributed by atoms with van der Waals surface area (Å²) in [6.07, 6.45) is -0.248. The molecule has 0 saturated carbocycles. The summed E-state index contributed by atoms with van der Waals surface area (Å²) < 4.78 is 21.9. The highest BCUT2D eigenvalue weighted by Crippen LogP contribution is 2.35. The summed E-state index contributed by atoms with van der Waals surface area (Å²) in [5, 5.41) is 5.55. The lowest BCUT2D eigenvalue weighted by Crippen LogP contribution is -2.46. The molecule has 2 aliphatic rings. The first kappa shape index (κ1) is 20.2. The zero-order valence-corrected chi connectivity index (χ0v) is 16.2. The number of fused-ring (bicyclic) bond motifs is 1. The maximum atomic E-state index is 12.4. The number of nitrogens with zero attached hydrogens (tertiary/aromatic N) is 1. The average molecular weight is 393 g/mol. The molecule has 0 bridgehead atoms. The molecule has 1 aromatic carbocycles. The maximum absolute atomic E-state index is 12.4. The number of benzene rings is 1. The molecule has 1 fully saturated rings. The Balaban J connectivity index is 1.52. The van der Waals surface area contributed by atoms with Crippen LogP contribution in [0.1, 0.15) is 20.3 Å². The van der Waals surface area contributed by atoms with Gasteiger partial charge in [0.1, 0.15) is 13.2 Å². The van der Waals surface area contributed by atoms with E-state index in [2.05, 4.69) is 10.6 Å². The zero-order chi connectivity index (χ0) is 19.9. The van der Waals surface area contributed by atoms with Crippen molar-refractivity contribution >= 4 is 17.6 Å². The Morgan fingerprint density at radius 1 is 1.21 bits per heavy atom. The Morgan fingerprint density at radius 2 is 1.93 bits per heavy atom. The molecule has 154 valence electrons. The number of carbonyl (C=O) groups excluding carboxylic acids is 2. The predicted octanol–water partition coefficient (Wildman–Crippen LogP) is 1.26. The van der Waals surface area contributed by atoms with Crippen LogP contribution in [0.4, 0.5) is 10.5 Å². The molecule has 28 heavy (non-hydrogen) atoms. The molecule has 0 spiro atoms. The number of rotatable bonds is 8. The fourth-order valence-corrected chi connectivity index (χ4v) is 3.20. The number of urea groups is 1. The van der Waals surface area contributed by atoms with E-state index in [0.717, 1.165) is 5.69 Å². The zero-order valence-electron chi connectivity index (χ0n) is 16.2. The van der Waals surface area contributed by atoms with Gasteiger partial charge in [0.05, 0.1) is 12.6 Å². The van der Waals surface area contributed by atoms with Gasteiger partial charge in [0.2, 0.25) is 5.91 Å². The number of hydrogen-bond acceptors (Lipinski definition) is 6. The number of nitrogens with one attached hydrogen (secondary N) is 2. The highest BCUT2D eigenvalue weighted by molar-refractivity contribution is 5.97. The smallest absolute Gasteiger partial charge is 0.315 e. The van der Waals surface area contributed by atoms with Crippen LogP contribution in [-0.2, 0) is 14.3 Å². The minimum absolute atomic E-state index is 0.0523. The second kappa shape index (κ2) is 9.61. The Labute approximate surface area is 164 Å². The summed E-state index contributed by atoms with van der Waals surface area (Å²) >= 11 is 0. The van der Waals surface area contributed by atoms with Gasteiger partial charge in [0.25, 0.3) is 0 Å². The summed E-state index contributed by atoms with van der Waals surface area (Å²) in [6, 6.07) is 4.78. The number of hydrogen-bond donors (Lipinski definition) is 2. The fourth-order valence-electron chi connectivity index (χ4n) is 3.20. The normalized spacial score (nSPS) is 18.5. The third kappa shape index (κ3) is 5.05. The van der Waals surface area contributed by atoms with Crippen LogP contribution in [0.3, 0.4) is 0 Å². The molecule has 0 aromatic heterocycles. The van der Waals surface area contributed by atoms with Gasteiger partial charge in [-0.2, -0.15) is 0 Å². The first-order valence-electron chi connectivity index (χ1n) is 9.58. The lowest BCUT2D eigenvalue weighted by molar-refractivity contribution is -0.131. The molecule has 0 aliphatic carbocycles. The molecular formula is C19H27N3O6. The van der Waals surface area contributed by atoms with E-state index in [0.29, 0.717) is 44.5 Å². The molecule has 1 atom stereocenters. The quantitative estimate of drug-likeness (QED) is 0.646. The van der Waals surface area contributed by atoms with Gasteiger partial charge in [0.15, 0.2) is 17.8 Å². The van der Waals surface area contributed by atoms with Crippen molar-refractivity contribution in [2.75, 3.05) is 44.4 Å². The van der Waals surface area contributed by atoms with E-state index in [1.165, 1.54) is 0 Å². The molecule has 2 aliphatic heterocycles. The summed E-state index contributed by atoms with van der Waals surface area (Å²) in [6.45, 7) is 6.35. The summed E-state index contributed by atoms with van der Waals surface area (Å²) in [5.41, 5.74) is 0.728. The van der Waals surface area contributed by atoms with Crippen LogP contribution in [0.2, 0.25) is 0 Å². The lowest BCUT2D eigenvalue weighted by Gasteiger charge is -2.22. The van der Waals surface area contributed by atoms with Crippen LogP contribution >= 0.6 is 0 Å². The van der Waals surface area contributed by atoms with Gasteiger partial charge in [-0.3, -0.25) is 4.79 Å². The van der Waals surface area contributed by atoms with Crippen LogP contribution in [0.15, 0.2) is 18.2 Å². The second-order valence-electron chi connectivity index (χ2n) is 6.43. The summed E-state index contributed by atoms with van der Waals surface area (Å²) in [4.78, 5) is 26.2. The monoisotopic (exact) mass is 393 g/mol. The molecule has 1 saturated heterocycles. The highest BCUT2D eigenvalue weighted by Gasteiger charge is 2.32. The molecule has 3 amide bonds. The van der Waals surface area contributed by atoms with Crippen molar-refractivity contribution in [3.05, 3.63) is 18.2 Å². The van der Waals surface area contributed by atoms with Crippen molar-refractivity contribution in [2.24, 2.45) is 0 Å². The van der Waals surface area contributed by atoms with E-state index in [1.807, 2.05) is 19.9 Å². The van der Waals surface area contributed by atoms with Crippen LogP contribution < -0.4 is 25.0 Å². The van der Waals surface area contributed by atoms with Gasteiger partial charge in [-0.1, -0.05) is 0 Å². The summed E-state index contributed by atoms with van der Waals surface area (Å²) in [5.74, 6) is 1.25. The largest absolute Gasteiger partial charge is 0.486 e. The van der Waals surface area contributed by atoms with Gasteiger partial charge < -0.3 is 34.5 Å². The van der Waals surface area contributed by atoms with Crippen LogP contribution in [0.25, 0.3) is 0 Å². The molecule has 2 heterocycles. The van der Waals surface area contributed by atoms with Crippen LogP contribution in [0, 0.1) is 0 Å². The van der Waals surface area contributed by atoms with Crippen molar-refractivity contribution in [3.63, 3.8) is 0 Å². The van der Waals surface area contributed by atoms with E-state index >= 15 is 0 Å². The van der Waals surface area contributed by atoms with Gasteiger partial charge in [-0.05, 0) is 26.0 Å². The van der Waals surface area contributed by atoms with Gasteiger partial charge in [0, 0.05) is 37.9 Å². The average Bonchev–Trinajstić information content (AvgIpc) is 3.06. The summed E-state index contributed by atoms with van der Waals surface area (Å²) in [7, 11) is 0. The Kier molecular flexibility index (Phi) is 6.94. The van der Waals surface area contributed by atoms with E-state index in [1.54, 1.807) is 17.0 Å². The molecule has 0 radical (unpaired) electrons. The van der Waals surface area contributed by atoms with E-state index < -0.39 is 6.29 Å². The van der Waals surface area contributed by atoms with Crippen molar-refractivity contribution in [1.29, 1.82) is 0 Å². The van der Waals surface area contributed by atoms with Crippen LogP contribution in [0.5, 0.6) is 11.5 Å². The van der Waals surface area contributed by atoms with Gasteiger partial charge >= 0.3 is 6.03 Å². The second-order valence-corrected chi connectivity index (χ2v) is 6.43. The number of anilines is 1. The molecule has 1 unspecified atom stereocenters. The van der Waals surface area contributed by atoms with Crippen molar-refractivity contribution < 1.29 is 28.5 Å². The van der Waals surface area contributed by atoms with E-state index in [4.69, 9.17) is 18.9 Å². The van der Waals surface area contributed by atoms with E-state index in [-0.39, 0.29) is 30.9 Å². The molecule has 2 N–H and O–H groups in total. The highest BCUT2D eigenvalue weighted by atomic mass is 16.7. The molecule has 9 heteroatoms. The SMILES string of the molecule is CCOC(CNC(=O)NC1CC(=O)N(c2ccc3c(c2)OCCO3)C1)OCC. The first-order chi connectivity index (χ1) is 13.6. The van der Waals surface area contributed by atoms with Crippen molar-refractivity contribution in [2.45, 2.75) is 32.6 Å². The van der Waals surface area contributed by atoms with Crippen LogP contribution in [-0.4, -0.2) is 63.8 Å². The third-order valence-corrected chi connectivity index (χ3v) is 4.43. The Hall–Kier alpha value is -2.52. The Bertz CT molecular complexity index is 692. The topological polar surface area (TPSA) is 98.4 Å².